The number of carbonyl (C=O) groups excluding carboxylic acids is 1. The van der Waals surface area contributed by atoms with E-state index in [1.165, 1.54) is 6.20 Å². The van der Waals surface area contributed by atoms with Crippen molar-refractivity contribution in [3.8, 4) is 5.69 Å². The molecule has 28 heavy (non-hydrogen) atoms. The highest BCUT2D eigenvalue weighted by atomic mass is 16.2. The lowest BCUT2D eigenvalue weighted by atomic mass is 10.1. The Morgan fingerprint density at radius 1 is 1.07 bits per heavy atom. The smallest absolute Gasteiger partial charge is 0.256 e. The van der Waals surface area contributed by atoms with Gasteiger partial charge in [-0.2, -0.15) is 5.10 Å². The molecule has 0 radical (unpaired) electrons. The van der Waals surface area contributed by atoms with Crippen LogP contribution in [0.2, 0.25) is 0 Å². The molecule has 0 aliphatic rings. The van der Waals surface area contributed by atoms with E-state index in [2.05, 4.69) is 15.4 Å². The van der Waals surface area contributed by atoms with Gasteiger partial charge < -0.3 is 10.3 Å². The van der Waals surface area contributed by atoms with Gasteiger partial charge in [-0.1, -0.05) is 48.5 Å². The number of aromatic amines is 1. The molecule has 0 atom stereocenters. The number of hydrogen-bond acceptors (Lipinski definition) is 3. The Kier molecular flexibility index (Phi) is 4.76. The van der Waals surface area contributed by atoms with Gasteiger partial charge in [0.1, 0.15) is 11.2 Å². The van der Waals surface area contributed by atoms with Crippen LogP contribution in [0.3, 0.4) is 0 Å². The Labute approximate surface area is 161 Å². The molecule has 140 valence electrons. The highest BCUT2D eigenvalue weighted by Gasteiger charge is 2.18. The Bertz CT molecular complexity index is 1180. The second-order valence-corrected chi connectivity index (χ2v) is 6.58. The number of aromatic nitrogens is 3. The minimum Gasteiger partial charge on any atom is -0.352 e. The highest BCUT2D eigenvalue weighted by molar-refractivity contribution is 5.97. The van der Waals surface area contributed by atoms with E-state index in [4.69, 9.17) is 0 Å². The number of nitrogens with zero attached hydrogens (tertiary/aromatic N) is 2. The molecule has 0 saturated carbocycles. The maximum atomic E-state index is 12.9. The van der Waals surface area contributed by atoms with Gasteiger partial charge in [-0.25, -0.2) is 4.68 Å². The number of carbonyl (C=O) groups is 1. The summed E-state index contributed by atoms with van der Waals surface area (Å²) in [6.45, 7) is 2.23. The monoisotopic (exact) mass is 372 g/mol. The fourth-order valence-corrected chi connectivity index (χ4v) is 3.26. The first-order chi connectivity index (χ1) is 13.6. The molecule has 0 fully saturated rings. The van der Waals surface area contributed by atoms with Crippen LogP contribution in [0.25, 0.3) is 16.7 Å². The first kappa shape index (κ1) is 17.7. The summed E-state index contributed by atoms with van der Waals surface area (Å²) in [5, 5.41) is 7.73. The van der Waals surface area contributed by atoms with Crippen LogP contribution in [0.5, 0.6) is 0 Å². The Morgan fingerprint density at radius 3 is 2.46 bits per heavy atom. The van der Waals surface area contributed by atoms with Gasteiger partial charge in [-0.05, 0) is 31.0 Å². The zero-order valence-corrected chi connectivity index (χ0v) is 15.5. The number of amides is 1. The Balaban J connectivity index is 1.60. The summed E-state index contributed by atoms with van der Waals surface area (Å²) in [5.41, 5.74) is 2.92. The second kappa shape index (κ2) is 7.52. The van der Waals surface area contributed by atoms with Gasteiger partial charge in [0.2, 0.25) is 5.43 Å². The molecule has 2 heterocycles. The minimum atomic E-state index is -0.383. The van der Waals surface area contributed by atoms with Crippen LogP contribution < -0.4 is 10.7 Å². The lowest BCUT2D eigenvalue weighted by Crippen LogP contribution is -2.30. The molecular weight excluding hydrogens is 352 g/mol. The van der Waals surface area contributed by atoms with Gasteiger partial charge in [-0.3, -0.25) is 9.59 Å². The van der Waals surface area contributed by atoms with Crippen LogP contribution in [-0.4, -0.2) is 27.2 Å². The molecule has 0 bridgehead atoms. The van der Waals surface area contributed by atoms with Crippen molar-refractivity contribution in [1.29, 1.82) is 0 Å². The summed E-state index contributed by atoms with van der Waals surface area (Å²) in [6.07, 6.45) is 2.17. The van der Waals surface area contributed by atoms with E-state index in [0.717, 1.165) is 11.3 Å². The highest BCUT2D eigenvalue weighted by Crippen LogP contribution is 2.17. The topological polar surface area (TPSA) is 79.8 Å². The molecule has 0 saturated heterocycles. The van der Waals surface area contributed by atoms with Gasteiger partial charge in [-0.15, -0.1) is 0 Å². The molecule has 0 spiro atoms. The summed E-state index contributed by atoms with van der Waals surface area (Å²) < 4.78 is 1.68. The quantitative estimate of drug-likeness (QED) is 0.565. The number of H-pyrrole nitrogens is 1. The van der Waals surface area contributed by atoms with E-state index in [-0.39, 0.29) is 16.9 Å². The van der Waals surface area contributed by atoms with E-state index in [1.54, 1.807) is 11.6 Å². The van der Waals surface area contributed by atoms with Crippen LogP contribution in [0.1, 0.15) is 21.6 Å². The maximum Gasteiger partial charge on any atom is 0.256 e. The maximum absolute atomic E-state index is 12.9. The van der Waals surface area contributed by atoms with E-state index in [9.17, 15) is 9.59 Å². The van der Waals surface area contributed by atoms with Crippen molar-refractivity contribution in [1.82, 2.24) is 20.1 Å². The number of rotatable bonds is 5. The third-order valence-electron chi connectivity index (χ3n) is 4.67. The van der Waals surface area contributed by atoms with Crippen molar-refractivity contribution in [3.63, 3.8) is 0 Å². The van der Waals surface area contributed by atoms with Crippen molar-refractivity contribution >= 4 is 16.9 Å². The third kappa shape index (κ3) is 3.32. The summed E-state index contributed by atoms with van der Waals surface area (Å²) in [6, 6.07) is 19.4. The SMILES string of the molecule is Cc1nn(-c2ccccc2)c2[nH]cc(C(=O)NCCc3ccccc3)c(=O)c12. The van der Waals surface area contributed by atoms with Crippen LogP contribution >= 0.6 is 0 Å². The van der Waals surface area contributed by atoms with Crippen LogP contribution in [-0.2, 0) is 6.42 Å². The number of fused-ring (bicyclic) bond motifs is 1. The van der Waals surface area contributed by atoms with Crippen molar-refractivity contribution < 1.29 is 4.79 Å². The van der Waals surface area contributed by atoms with E-state index < -0.39 is 0 Å². The third-order valence-corrected chi connectivity index (χ3v) is 4.67. The molecule has 0 aliphatic carbocycles. The molecule has 4 aromatic rings. The molecular formula is C22H20N4O2. The molecule has 6 heteroatoms. The lowest BCUT2D eigenvalue weighted by Gasteiger charge is -2.06. The van der Waals surface area contributed by atoms with E-state index >= 15 is 0 Å². The standard InChI is InChI=1S/C22H20N4O2/c1-15-19-20(27)18(22(28)23-13-12-16-8-4-2-5-9-16)14-24-21(19)26(25-15)17-10-6-3-7-11-17/h2-11,14H,12-13H2,1H3,(H,23,28)(H,24,27). The number of para-hydroxylation sites is 1. The van der Waals surface area contributed by atoms with Crippen molar-refractivity contribution in [2.75, 3.05) is 6.54 Å². The number of pyridine rings is 1. The average Bonchev–Trinajstić information content (AvgIpc) is 3.07. The zero-order chi connectivity index (χ0) is 19.5. The second-order valence-electron chi connectivity index (χ2n) is 6.58. The minimum absolute atomic E-state index is 0.0938. The normalized spacial score (nSPS) is 10.9. The summed E-state index contributed by atoms with van der Waals surface area (Å²) in [7, 11) is 0. The molecule has 2 N–H and O–H groups in total. The van der Waals surface area contributed by atoms with E-state index in [0.29, 0.717) is 29.7 Å². The summed E-state index contributed by atoms with van der Waals surface area (Å²) >= 11 is 0. The fourth-order valence-electron chi connectivity index (χ4n) is 3.26. The van der Waals surface area contributed by atoms with Gasteiger partial charge in [0, 0.05) is 12.7 Å². The van der Waals surface area contributed by atoms with Crippen molar-refractivity contribution in [3.05, 3.63) is 93.9 Å². The lowest BCUT2D eigenvalue weighted by molar-refractivity contribution is 0.0953. The fraction of sp³-hybridized carbons (Fsp3) is 0.136. The predicted octanol–water partition coefficient (Wildman–Crippen LogP) is 2.99. The number of nitrogens with one attached hydrogen (secondary N) is 2. The summed E-state index contributed by atoms with van der Waals surface area (Å²) in [5.74, 6) is -0.383. The number of hydrogen-bond donors (Lipinski definition) is 2. The molecule has 1 amide bonds. The first-order valence-corrected chi connectivity index (χ1v) is 9.13. The predicted molar refractivity (Wildman–Crippen MR) is 109 cm³/mol. The molecule has 4 rings (SSSR count). The average molecular weight is 372 g/mol. The Hall–Kier alpha value is -3.67. The molecule has 2 aromatic carbocycles. The number of benzene rings is 2. The largest absolute Gasteiger partial charge is 0.352 e. The molecule has 6 nitrogen and oxygen atoms in total. The molecule has 2 aromatic heterocycles. The van der Waals surface area contributed by atoms with Crippen LogP contribution in [0.4, 0.5) is 0 Å². The van der Waals surface area contributed by atoms with Gasteiger partial charge >= 0.3 is 0 Å². The van der Waals surface area contributed by atoms with Gasteiger partial charge in [0.15, 0.2) is 0 Å². The van der Waals surface area contributed by atoms with Gasteiger partial charge in [0.25, 0.3) is 5.91 Å². The number of aryl methyl sites for hydroxylation is 1. The van der Waals surface area contributed by atoms with Crippen LogP contribution in [0, 0.1) is 6.92 Å². The Morgan fingerprint density at radius 2 is 1.75 bits per heavy atom. The first-order valence-electron chi connectivity index (χ1n) is 9.13. The van der Waals surface area contributed by atoms with Crippen molar-refractivity contribution in [2.45, 2.75) is 13.3 Å². The van der Waals surface area contributed by atoms with Gasteiger partial charge in [0.05, 0.1) is 16.8 Å². The molecule has 0 unspecified atom stereocenters. The van der Waals surface area contributed by atoms with Crippen LogP contribution in [0.15, 0.2) is 71.7 Å². The molecule has 0 aliphatic heterocycles. The zero-order valence-electron chi connectivity index (χ0n) is 15.5. The van der Waals surface area contributed by atoms with Crippen molar-refractivity contribution in [2.24, 2.45) is 0 Å². The van der Waals surface area contributed by atoms with E-state index in [1.807, 2.05) is 60.7 Å². The summed E-state index contributed by atoms with van der Waals surface area (Å²) in [4.78, 5) is 28.5.